The summed E-state index contributed by atoms with van der Waals surface area (Å²) in [5.41, 5.74) is 3.54. The second-order valence-corrected chi connectivity index (χ2v) is 7.95. The smallest absolute Gasteiger partial charge is 0.232 e. The molecule has 0 radical (unpaired) electrons. The van der Waals surface area contributed by atoms with Crippen LogP contribution in [0.1, 0.15) is 37.2 Å². The predicted octanol–water partition coefficient (Wildman–Crippen LogP) is 3.17. The summed E-state index contributed by atoms with van der Waals surface area (Å²) in [6.07, 6.45) is 6.61. The Kier molecular flexibility index (Phi) is 5.21. The molecule has 0 saturated carbocycles. The number of carbonyl (C=O) groups is 1. The van der Waals surface area contributed by atoms with Crippen molar-refractivity contribution in [3.63, 3.8) is 0 Å². The van der Waals surface area contributed by atoms with Gasteiger partial charge < -0.3 is 14.6 Å². The summed E-state index contributed by atoms with van der Waals surface area (Å²) in [6.45, 7) is 2.70. The maximum atomic E-state index is 12.8. The summed E-state index contributed by atoms with van der Waals surface area (Å²) >= 11 is 0. The molecule has 3 aromatic heterocycles. The molecule has 1 aliphatic rings. The quantitative estimate of drug-likeness (QED) is 0.531. The Hall–Kier alpha value is -3.90. The third kappa shape index (κ3) is 3.76. The largest absolute Gasteiger partial charge is 0.378 e. The van der Waals surface area contributed by atoms with Crippen LogP contribution in [-0.2, 0) is 16.0 Å². The minimum Gasteiger partial charge on any atom is -0.378 e. The van der Waals surface area contributed by atoms with Crippen molar-refractivity contribution in [3.8, 4) is 6.07 Å². The van der Waals surface area contributed by atoms with E-state index in [1.807, 2.05) is 12.1 Å². The summed E-state index contributed by atoms with van der Waals surface area (Å²) in [7, 11) is 0. The zero-order valence-electron chi connectivity index (χ0n) is 17.5. The highest BCUT2D eigenvalue weighted by Crippen LogP contribution is 2.34. The van der Waals surface area contributed by atoms with Gasteiger partial charge in [0.2, 0.25) is 5.91 Å². The molecule has 2 atom stereocenters. The lowest BCUT2D eigenvalue weighted by atomic mass is 10.0. The molecule has 1 aliphatic heterocycles. The number of hydrogen-bond donors (Lipinski definition) is 1. The summed E-state index contributed by atoms with van der Waals surface area (Å²) in [4.78, 5) is 22.1. The predicted molar refractivity (Wildman–Crippen MR) is 118 cm³/mol. The van der Waals surface area contributed by atoms with E-state index in [1.54, 1.807) is 18.3 Å². The van der Waals surface area contributed by atoms with E-state index in [0.29, 0.717) is 29.2 Å². The van der Waals surface area contributed by atoms with Crippen LogP contribution in [0.2, 0.25) is 0 Å². The molecular formula is C23H21N7O2. The van der Waals surface area contributed by atoms with Crippen molar-refractivity contribution in [2.75, 3.05) is 11.9 Å². The van der Waals surface area contributed by atoms with Gasteiger partial charge in [0.15, 0.2) is 0 Å². The molecule has 1 saturated heterocycles. The third-order valence-corrected chi connectivity index (χ3v) is 5.73. The number of nitrogens with zero attached hydrogens (tertiary/aromatic N) is 6. The minimum absolute atomic E-state index is 0.0994. The highest BCUT2D eigenvalue weighted by atomic mass is 16.5. The van der Waals surface area contributed by atoms with Gasteiger partial charge in [-0.05, 0) is 44.0 Å². The zero-order valence-corrected chi connectivity index (χ0v) is 17.5. The zero-order chi connectivity index (χ0) is 22.1. The van der Waals surface area contributed by atoms with E-state index in [0.717, 1.165) is 29.3 Å². The molecule has 1 N–H and O–H groups in total. The van der Waals surface area contributed by atoms with Gasteiger partial charge >= 0.3 is 0 Å². The molecule has 9 nitrogen and oxygen atoms in total. The molecule has 1 aromatic carbocycles. The molecule has 1 fully saturated rings. The van der Waals surface area contributed by atoms with Crippen LogP contribution in [0, 0.1) is 11.3 Å². The minimum atomic E-state index is -0.190. The van der Waals surface area contributed by atoms with Crippen molar-refractivity contribution in [2.45, 2.75) is 38.3 Å². The second kappa shape index (κ2) is 8.32. The van der Waals surface area contributed by atoms with Gasteiger partial charge in [-0.25, -0.2) is 4.98 Å². The van der Waals surface area contributed by atoms with Crippen LogP contribution >= 0.6 is 0 Å². The summed E-state index contributed by atoms with van der Waals surface area (Å²) in [5.74, 6) is 0.472. The number of amides is 1. The maximum Gasteiger partial charge on any atom is 0.232 e. The van der Waals surface area contributed by atoms with Gasteiger partial charge in [-0.15, -0.1) is 0 Å². The number of anilines is 1. The SMILES string of the molecule is C[C@@H]1C[C@H](n2c(CC(=O)Nc3ccnnc3)nc3cnc4ccc(C#N)cc4c32)CCO1. The molecule has 0 spiro atoms. The highest BCUT2D eigenvalue weighted by molar-refractivity contribution is 6.03. The molecule has 32 heavy (non-hydrogen) atoms. The van der Waals surface area contributed by atoms with Crippen molar-refractivity contribution in [1.82, 2.24) is 24.7 Å². The third-order valence-electron chi connectivity index (χ3n) is 5.73. The number of aromatic nitrogens is 5. The van der Waals surface area contributed by atoms with E-state index < -0.39 is 0 Å². The van der Waals surface area contributed by atoms with E-state index in [1.165, 1.54) is 12.4 Å². The Bertz CT molecular complexity index is 1340. The Morgan fingerprint density at radius 1 is 1.28 bits per heavy atom. The second-order valence-electron chi connectivity index (χ2n) is 7.95. The molecular weight excluding hydrogens is 406 g/mol. The van der Waals surface area contributed by atoms with Crippen molar-refractivity contribution in [1.29, 1.82) is 5.26 Å². The number of pyridine rings is 1. The van der Waals surface area contributed by atoms with Gasteiger partial charge in [0.05, 0.1) is 59.5 Å². The van der Waals surface area contributed by atoms with E-state index in [9.17, 15) is 10.1 Å². The fraction of sp³-hybridized carbons (Fsp3) is 0.304. The van der Waals surface area contributed by atoms with Crippen molar-refractivity contribution >= 4 is 33.5 Å². The number of carbonyl (C=O) groups excluding carboxylic acids is 1. The summed E-state index contributed by atoms with van der Waals surface area (Å²) in [6, 6.07) is 9.48. The van der Waals surface area contributed by atoms with E-state index >= 15 is 0 Å². The number of fused-ring (bicyclic) bond motifs is 3. The van der Waals surface area contributed by atoms with Crippen molar-refractivity contribution < 1.29 is 9.53 Å². The van der Waals surface area contributed by atoms with Gasteiger partial charge in [-0.1, -0.05) is 0 Å². The van der Waals surface area contributed by atoms with E-state index in [2.05, 4.69) is 38.1 Å². The molecule has 5 rings (SSSR count). The lowest BCUT2D eigenvalue weighted by Gasteiger charge is -2.30. The van der Waals surface area contributed by atoms with Gasteiger partial charge in [0.1, 0.15) is 11.3 Å². The van der Waals surface area contributed by atoms with E-state index in [-0.39, 0.29) is 24.5 Å². The van der Waals surface area contributed by atoms with Gasteiger partial charge in [0, 0.05) is 18.0 Å². The number of benzene rings is 1. The van der Waals surface area contributed by atoms with Crippen LogP contribution in [-0.4, -0.2) is 43.4 Å². The summed E-state index contributed by atoms with van der Waals surface area (Å²) in [5, 5.41) is 20.7. The molecule has 4 aromatic rings. The van der Waals surface area contributed by atoms with Crippen LogP contribution in [0.15, 0.2) is 42.9 Å². The fourth-order valence-corrected chi connectivity index (χ4v) is 4.33. The Labute approximate surface area is 184 Å². The number of nitriles is 1. The average molecular weight is 427 g/mol. The summed E-state index contributed by atoms with van der Waals surface area (Å²) < 4.78 is 7.92. The molecule has 160 valence electrons. The van der Waals surface area contributed by atoms with Crippen LogP contribution in [0.25, 0.3) is 21.9 Å². The molecule has 0 bridgehead atoms. The van der Waals surface area contributed by atoms with Gasteiger partial charge in [-0.2, -0.15) is 15.5 Å². The van der Waals surface area contributed by atoms with Crippen LogP contribution in [0.5, 0.6) is 0 Å². The first-order valence-corrected chi connectivity index (χ1v) is 10.5. The number of rotatable bonds is 4. The van der Waals surface area contributed by atoms with Crippen LogP contribution in [0.3, 0.4) is 0 Å². The maximum absolute atomic E-state index is 12.8. The Balaban J connectivity index is 1.63. The lowest BCUT2D eigenvalue weighted by molar-refractivity contribution is -0.115. The fourth-order valence-electron chi connectivity index (χ4n) is 4.33. The first-order valence-electron chi connectivity index (χ1n) is 10.5. The Morgan fingerprint density at radius 2 is 2.19 bits per heavy atom. The highest BCUT2D eigenvalue weighted by Gasteiger charge is 2.27. The van der Waals surface area contributed by atoms with Gasteiger partial charge in [0.25, 0.3) is 0 Å². The number of hydrogen-bond acceptors (Lipinski definition) is 7. The topological polar surface area (TPSA) is 119 Å². The lowest BCUT2D eigenvalue weighted by Crippen LogP contribution is -2.27. The van der Waals surface area contributed by atoms with Crippen LogP contribution in [0.4, 0.5) is 5.69 Å². The number of imidazole rings is 1. The molecule has 4 heterocycles. The van der Waals surface area contributed by atoms with Crippen molar-refractivity contribution in [2.24, 2.45) is 0 Å². The van der Waals surface area contributed by atoms with Crippen LogP contribution < -0.4 is 5.32 Å². The van der Waals surface area contributed by atoms with E-state index in [4.69, 9.17) is 9.72 Å². The molecule has 1 amide bonds. The average Bonchev–Trinajstić information content (AvgIpc) is 3.17. The Morgan fingerprint density at radius 3 is 2.97 bits per heavy atom. The molecule has 9 heteroatoms. The first-order chi connectivity index (χ1) is 15.6. The standard InChI is InChI=1S/C23H21N7O2/c1-14-8-17(5-7-32-14)30-21(10-22(31)28-16-4-6-26-27-12-16)29-20-13-25-19-3-2-15(11-24)9-18(19)23(20)30/h2-4,6,9,12-14,17H,5,7-8,10H2,1H3,(H,26,28,31)/t14-,17-/m1/s1. The number of ether oxygens (including phenoxy) is 1. The molecule has 0 unspecified atom stereocenters. The molecule has 0 aliphatic carbocycles. The van der Waals surface area contributed by atoms with Crippen molar-refractivity contribution in [3.05, 3.63) is 54.2 Å². The first kappa shape index (κ1) is 20.0. The normalized spacial score (nSPS) is 18.5. The number of nitrogens with one attached hydrogen (secondary N) is 1. The monoisotopic (exact) mass is 427 g/mol. The van der Waals surface area contributed by atoms with Gasteiger partial charge in [-0.3, -0.25) is 9.78 Å².